The number of rotatable bonds is 3. The highest BCUT2D eigenvalue weighted by Crippen LogP contribution is 2.36. The molecular formula is C18H20N2O2. The first-order valence-corrected chi connectivity index (χ1v) is 7.75. The van der Waals surface area contributed by atoms with E-state index in [1.165, 1.54) is 5.56 Å². The summed E-state index contributed by atoms with van der Waals surface area (Å²) in [6.07, 6.45) is 7.18. The van der Waals surface area contributed by atoms with Crippen molar-refractivity contribution >= 4 is 5.97 Å². The van der Waals surface area contributed by atoms with Crippen LogP contribution in [0.2, 0.25) is 0 Å². The minimum atomic E-state index is -0.645. The monoisotopic (exact) mass is 296 g/mol. The Morgan fingerprint density at radius 1 is 1.00 bits per heavy atom. The van der Waals surface area contributed by atoms with Crippen LogP contribution in [-0.4, -0.2) is 21.0 Å². The van der Waals surface area contributed by atoms with Crippen LogP contribution in [-0.2, 0) is 4.79 Å². The smallest absolute Gasteiger partial charge is 0.306 e. The molecule has 114 valence electrons. The van der Waals surface area contributed by atoms with Crippen LogP contribution >= 0.6 is 0 Å². The fourth-order valence-electron chi connectivity index (χ4n) is 3.16. The van der Waals surface area contributed by atoms with Gasteiger partial charge in [0.25, 0.3) is 0 Å². The Morgan fingerprint density at radius 3 is 2.14 bits per heavy atom. The van der Waals surface area contributed by atoms with Crippen molar-refractivity contribution in [2.75, 3.05) is 0 Å². The van der Waals surface area contributed by atoms with Gasteiger partial charge in [0.05, 0.1) is 5.92 Å². The van der Waals surface area contributed by atoms with Crippen molar-refractivity contribution in [3.05, 3.63) is 48.0 Å². The second-order valence-electron chi connectivity index (χ2n) is 6.03. The van der Waals surface area contributed by atoms with E-state index in [0.29, 0.717) is 5.92 Å². The van der Waals surface area contributed by atoms with Crippen LogP contribution in [0, 0.1) is 12.8 Å². The lowest BCUT2D eigenvalue weighted by atomic mass is 9.78. The van der Waals surface area contributed by atoms with E-state index in [2.05, 4.69) is 34.2 Å². The molecule has 0 bridgehead atoms. The average molecular weight is 296 g/mol. The van der Waals surface area contributed by atoms with Crippen molar-refractivity contribution < 1.29 is 9.90 Å². The van der Waals surface area contributed by atoms with Gasteiger partial charge in [0.1, 0.15) is 5.82 Å². The highest BCUT2D eigenvalue weighted by molar-refractivity contribution is 5.70. The molecule has 22 heavy (non-hydrogen) atoms. The number of aryl methyl sites for hydroxylation is 1. The predicted octanol–water partition coefficient (Wildman–Crippen LogP) is 3.81. The van der Waals surface area contributed by atoms with Crippen LogP contribution < -0.4 is 0 Å². The quantitative estimate of drug-likeness (QED) is 0.935. The number of aliphatic carboxylic acids is 1. The topological polar surface area (TPSA) is 63.1 Å². The summed E-state index contributed by atoms with van der Waals surface area (Å²) in [7, 11) is 0. The number of carboxylic acids is 1. The molecule has 1 N–H and O–H groups in total. The van der Waals surface area contributed by atoms with Crippen molar-refractivity contribution in [3.63, 3.8) is 0 Å². The molecule has 4 heteroatoms. The van der Waals surface area contributed by atoms with Crippen molar-refractivity contribution in [1.82, 2.24) is 9.97 Å². The molecule has 3 rings (SSSR count). The van der Waals surface area contributed by atoms with Gasteiger partial charge in [0, 0.05) is 18.0 Å². The largest absolute Gasteiger partial charge is 0.481 e. The van der Waals surface area contributed by atoms with Gasteiger partial charge >= 0.3 is 5.97 Å². The molecule has 1 heterocycles. The second kappa shape index (κ2) is 6.26. The lowest BCUT2D eigenvalue weighted by Gasteiger charge is -2.26. The molecule has 0 unspecified atom stereocenters. The summed E-state index contributed by atoms with van der Waals surface area (Å²) in [6, 6.07) is 8.52. The van der Waals surface area contributed by atoms with Crippen LogP contribution in [0.5, 0.6) is 0 Å². The first kappa shape index (κ1) is 14.7. The summed E-state index contributed by atoms with van der Waals surface area (Å²) in [6.45, 7) is 1.88. The molecule has 0 spiro atoms. The van der Waals surface area contributed by atoms with Gasteiger partial charge in [0.2, 0.25) is 0 Å². The van der Waals surface area contributed by atoms with Crippen LogP contribution in [0.1, 0.15) is 43.0 Å². The van der Waals surface area contributed by atoms with Crippen LogP contribution in [0.3, 0.4) is 0 Å². The molecule has 1 fully saturated rings. The van der Waals surface area contributed by atoms with E-state index in [4.69, 9.17) is 5.11 Å². The number of hydrogen-bond donors (Lipinski definition) is 1. The third-order valence-electron chi connectivity index (χ3n) is 4.57. The van der Waals surface area contributed by atoms with Gasteiger partial charge in [-0.2, -0.15) is 0 Å². The molecule has 0 amide bonds. The number of carbonyl (C=O) groups is 1. The average Bonchev–Trinajstić information content (AvgIpc) is 2.56. The molecule has 2 aromatic rings. The zero-order valence-electron chi connectivity index (χ0n) is 12.7. The van der Waals surface area contributed by atoms with Gasteiger partial charge in [-0.1, -0.05) is 24.3 Å². The molecule has 0 atom stereocenters. The van der Waals surface area contributed by atoms with Crippen molar-refractivity contribution in [1.29, 1.82) is 0 Å². The molecule has 1 saturated carbocycles. The van der Waals surface area contributed by atoms with E-state index in [0.717, 1.165) is 42.6 Å². The minimum absolute atomic E-state index is 0.153. The summed E-state index contributed by atoms with van der Waals surface area (Å²) in [5.41, 5.74) is 3.44. The zero-order chi connectivity index (χ0) is 15.5. The molecular weight excluding hydrogens is 276 g/mol. The first-order valence-electron chi connectivity index (χ1n) is 7.75. The van der Waals surface area contributed by atoms with Gasteiger partial charge < -0.3 is 5.11 Å². The maximum atomic E-state index is 11.0. The Labute approximate surface area is 130 Å². The maximum Gasteiger partial charge on any atom is 0.306 e. The van der Waals surface area contributed by atoms with Crippen molar-refractivity contribution in [2.45, 2.75) is 38.5 Å². The third kappa shape index (κ3) is 3.16. The number of benzene rings is 1. The lowest BCUT2D eigenvalue weighted by Crippen LogP contribution is -2.20. The van der Waals surface area contributed by atoms with E-state index < -0.39 is 5.97 Å². The molecule has 1 aliphatic rings. The standard InChI is InChI=1S/C18H20N2O2/c1-12-19-10-17(11-20-12)15-4-2-13(3-5-15)14-6-8-16(9-7-14)18(21)22/h2-5,10-11,14,16H,6-9H2,1H3,(H,21,22). The van der Waals surface area contributed by atoms with E-state index in [1.807, 2.05) is 19.3 Å². The van der Waals surface area contributed by atoms with E-state index in [9.17, 15) is 4.79 Å². The fourth-order valence-corrected chi connectivity index (χ4v) is 3.16. The molecule has 0 saturated heterocycles. The number of carboxylic acid groups (broad SMARTS) is 1. The molecule has 0 radical (unpaired) electrons. The second-order valence-corrected chi connectivity index (χ2v) is 6.03. The molecule has 1 aromatic carbocycles. The number of aromatic nitrogens is 2. The summed E-state index contributed by atoms with van der Waals surface area (Å²) in [4.78, 5) is 19.5. The lowest BCUT2D eigenvalue weighted by molar-refractivity contribution is -0.142. The van der Waals surface area contributed by atoms with E-state index >= 15 is 0 Å². The summed E-state index contributed by atoms with van der Waals surface area (Å²) >= 11 is 0. The molecule has 4 nitrogen and oxygen atoms in total. The molecule has 1 aromatic heterocycles. The number of hydrogen-bond acceptors (Lipinski definition) is 3. The van der Waals surface area contributed by atoms with Crippen LogP contribution in [0.4, 0.5) is 0 Å². The SMILES string of the molecule is Cc1ncc(-c2ccc(C3CCC(C(=O)O)CC3)cc2)cn1. The van der Waals surface area contributed by atoms with Crippen molar-refractivity contribution in [2.24, 2.45) is 5.92 Å². The van der Waals surface area contributed by atoms with Crippen LogP contribution in [0.25, 0.3) is 11.1 Å². The predicted molar refractivity (Wildman–Crippen MR) is 84.5 cm³/mol. The Kier molecular flexibility index (Phi) is 4.18. The highest BCUT2D eigenvalue weighted by atomic mass is 16.4. The van der Waals surface area contributed by atoms with Gasteiger partial charge in [-0.3, -0.25) is 4.79 Å². The minimum Gasteiger partial charge on any atom is -0.481 e. The summed E-state index contributed by atoms with van der Waals surface area (Å²) in [5, 5.41) is 9.07. The van der Waals surface area contributed by atoms with Gasteiger partial charge in [-0.15, -0.1) is 0 Å². The number of nitrogens with zero attached hydrogens (tertiary/aromatic N) is 2. The Hall–Kier alpha value is -2.23. The summed E-state index contributed by atoms with van der Waals surface area (Å²) < 4.78 is 0. The van der Waals surface area contributed by atoms with Gasteiger partial charge in [0.15, 0.2) is 0 Å². The Morgan fingerprint density at radius 2 is 1.59 bits per heavy atom. The fraction of sp³-hybridized carbons (Fsp3) is 0.389. The van der Waals surface area contributed by atoms with Crippen LogP contribution in [0.15, 0.2) is 36.7 Å². The maximum absolute atomic E-state index is 11.0. The first-order chi connectivity index (χ1) is 10.6. The zero-order valence-corrected chi connectivity index (χ0v) is 12.7. The Bertz CT molecular complexity index is 642. The van der Waals surface area contributed by atoms with E-state index in [1.54, 1.807) is 0 Å². The Balaban J connectivity index is 1.70. The van der Waals surface area contributed by atoms with Gasteiger partial charge in [-0.25, -0.2) is 9.97 Å². The normalized spacial score (nSPS) is 21.5. The third-order valence-corrected chi connectivity index (χ3v) is 4.57. The van der Waals surface area contributed by atoms with Gasteiger partial charge in [-0.05, 0) is 49.7 Å². The highest BCUT2D eigenvalue weighted by Gasteiger charge is 2.26. The van der Waals surface area contributed by atoms with E-state index in [-0.39, 0.29) is 5.92 Å². The molecule has 0 aliphatic heterocycles. The summed E-state index contributed by atoms with van der Waals surface area (Å²) in [5.74, 6) is 0.461. The van der Waals surface area contributed by atoms with Crippen molar-refractivity contribution in [3.8, 4) is 11.1 Å². The molecule has 1 aliphatic carbocycles.